The smallest absolute Gasteiger partial charge is 0.407 e. The van der Waals surface area contributed by atoms with Crippen molar-refractivity contribution in [3.8, 4) is 0 Å². The molecule has 6 heteroatoms. The Morgan fingerprint density at radius 2 is 2.26 bits per heavy atom. The number of methoxy groups -OCH3 is 1. The second kappa shape index (κ2) is 5.60. The predicted octanol–water partition coefficient (Wildman–Crippen LogP) is 0.839. The molecule has 1 aliphatic heterocycles. The highest BCUT2D eigenvalue weighted by Crippen LogP contribution is 2.15. The number of nitrogens with zero attached hydrogens (tertiary/aromatic N) is 1. The van der Waals surface area contributed by atoms with Crippen LogP contribution in [0, 0.1) is 0 Å². The lowest BCUT2D eigenvalue weighted by Gasteiger charge is -2.17. The molecule has 1 atom stereocenters. The lowest BCUT2D eigenvalue weighted by atomic mass is 10.2. The number of carbonyl (C=O) groups excluding carboxylic acids is 2. The summed E-state index contributed by atoms with van der Waals surface area (Å²) < 4.78 is 4.54. The van der Waals surface area contributed by atoms with E-state index >= 15 is 0 Å². The van der Waals surface area contributed by atoms with Crippen LogP contribution in [0.1, 0.15) is 16.8 Å². The maximum absolute atomic E-state index is 12.2. The van der Waals surface area contributed by atoms with Crippen molar-refractivity contribution in [1.29, 1.82) is 0 Å². The number of nitrogens with two attached hydrogens (primary N) is 1. The molecule has 1 fully saturated rings. The zero-order chi connectivity index (χ0) is 13.8. The standard InChI is InChI=1S/C13H17N3O3/c1-19-13(18)15-11-5-6-16(8-11)12(17)9-3-2-4-10(14)7-9/h2-4,7,11H,5-6,8,14H2,1H3,(H,15,18). The van der Waals surface area contributed by atoms with Gasteiger partial charge in [-0.3, -0.25) is 4.79 Å². The van der Waals surface area contributed by atoms with E-state index in [1.807, 2.05) is 0 Å². The minimum atomic E-state index is -0.469. The summed E-state index contributed by atoms with van der Waals surface area (Å²) in [5.41, 5.74) is 6.79. The molecule has 0 spiro atoms. The van der Waals surface area contributed by atoms with Crippen LogP contribution in [0.15, 0.2) is 24.3 Å². The zero-order valence-electron chi connectivity index (χ0n) is 10.8. The highest BCUT2D eigenvalue weighted by molar-refractivity contribution is 5.95. The Balaban J connectivity index is 1.97. The summed E-state index contributed by atoms with van der Waals surface area (Å²) in [5.74, 6) is -0.0681. The van der Waals surface area contributed by atoms with Gasteiger partial charge in [0.05, 0.1) is 13.2 Å². The molecule has 6 nitrogen and oxygen atoms in total. The fourth-order valence-electron chi connectivity index (χ4n) is 2.14. The first-order valence-electron chi connectivity index (χ1n) is 6.09. The molecule has 3 N–H and O–H groups in total. The normalized spacial score (nSPS) is 18.2. The van der Waals surface area contributed by atoms with Gasteiger partial charge in [0.15, 0.2) is 0 Å². The highest BCUT2D eigenvalue weighted by atomic mass is 16.5. The monoisotopic (exact) mass is 263 g/mol. The van der Waals surface area contributed by atoms with Crippen LogP contribution in [0.5, 0.6) is 0 Å². The fraction of sp³-hybridized carbons (Fsp3) is 0.385. The summed E-state index contributed by atoms with van der Waals surface area (Å²) >= 11 is 0. The molecular weight excluding hydrogens is 246 g/mol. The van der Waals surface area contributed by atoms with Crippen molar-refractivity contribution in [2.24, 2.45) is 0 Å². The van der Waals surface area contributed by atoms with E-state index in [2.05, 4.69) is 10.1 Å². The first kappa shape index (κ1) is 13.2. The molecule has 0 bridgehead atoms. The van der Waals surface area contributed by atoms with E-state index in [0.29, 0.717) is 24.3 Å². The molecule has 1 aliphatic rings. The molecular formula is C13H17N3O3. The maximum atomic E-state index is 12.2. The number of benzene rings is 1. The molecule has 2 rings (SSSR count). The minimum Gasteiger partial charge on any atom is -0.453 e. The number of hydrogen-bond acceptors (Lipinski definition) is 4. The number of alkyl carbamates (subject to hydrolysis) is 1. The average Bonchev–Trinajstić information content (AvgIpc) is 2.86. The van der Waals surface area contributed by atoms with Gasteiger partial charge in [-0.15, -0.1) is 0 Å². The van der Waals surface area contributed by atoms with Gasteiger partial charge in [0.25, 0.3) is 5.91 Å². The lowest BCUT2D eigenvalue weighted by molar-refractivity contribution is 0.0788. The lowest BCUT2D eigenvalue weighted by Crippen LogP contribution is -2.38. The van der Waals surface area contributed by atoms with Crippen LogP contribution < -0.4 is 11.1 Å². The minimum absolute atomic E-state index is 0.0579. The van der Waals surface area contributed by atoms with Crippen LogP contribution in [0.3, 0.4) is 0 Å². The van der Waals surface area contributed by atoms with Crippen LogP contribution >= 0.6 is 0 Å². The molecule has 0 saturated carbocycles. The number of likely N-dealkylation sites (tertiary alicyclic amines) is 1. The van der Waals surface area contributed by atoms with Crippen LogP contribution in [0.25, 0.3) is 0 Å². The average molecular weight is 263 g/mol. The molecule has 0 radical (unpaired) electrons. The largest absolute Gasteiger partial charge is 0.453 e. The van der Waals surface area contributed by atoms with Gasteiger partial charge < -0.3 is 20.7 Å². The van der Waals surface area contributed by atoms with Gasteiger partial charge in [0, 0.05) is 24.3 Å². The van der Waals surface area contributed by atoms with Crippen molar-refractivity contribution < 1.29 is 14.3 Å². The molecule has 1 saturated heterocycles. The van der Waals surface area contributed by atoms with E-state index in [9.17, 15) is 9.59 Å². The summed E-state index contributed by atoms with van der Waals surface area (Å²) in [7, 11) is 1.32. The Bertz CT molecular complexity index is 490. The molecule has 1 aromatic carbocycles. The van der Waals surface area contributed by atoms with Crippen molar-refractivity contribution in [2.45, 2.75) is 12.5 Å². The topological polar surface area (TPSA) is 84.7 Å². The van der Waals surface area contributed by atoms with Crippen LogP contribution in [-0.4, -0.2) is 43.1 Å². The number of rotatable bonds is 2. The Hall–Kier alpha value is -2.24. The maximum Gasteiger partial charge on any atom is 0.407 e. The van der Waals surface area contributed by atoms with Gasteiger partial charge >= 0.3 is 6.09 Å². The Kier molecular flexibility index (Phi) is 3.89. The van der Waals surface area contributed by atoms with Crippen molar-refractivity contribution in [3.63, 3.8) is 0 Å². The summed E-state index contributed by atoms with van der Waals surface area (Å²) in [6.45, 7) is 1.10. The molecule has 0 aromatic heterocycles. The number of carbonyl (C=O) groups is 2. The summed E-state index contributed by atoms with van der Waals surface area (Å²) in [6, 6.07) is 6.83. The van der Waals surface area contributed by atoms with Gasteiger partial charge in [0.1, 0.15) is 0 Å². The Morgan fingerprint density at radius 3 is 2.95 bits per heavy atom. The van der Waals surface area contributed by atoms with Crippen LogP contribution in [0.2, 0.25) is 0 Å². The van der Waals surface area contributed by atoms with Gasteiger partial charge in [-0.05, 0) is 24.6 Å². The third-order valence-corrected chi connectivity index (χ3v) is 3.12. The molecule has 1 aromatic rings. The van der Waals surface area contributed by atoms with E-state index in [1.165, 1.54) is 7.11 Å². The summed E-state index contributed by atoms with van der Waals surface area (Å²) in [6.07, 6.45) is 0.256. The second-order valence-corrected chi connectivity index (χ2v) is 4.50. The number of nitrogen functional groups attached to an aromatic ring is 1. The SMILES string of the molecule is COC(=O)NC1CCN(C(=O)c2cccc(N)c2)C1. The summed E-state index contributed by atoms with van der Waals surface area (Å²) in [4.78, 5) is 25.0. The third kappa shape index (κ3) is 3.15. The van der Waals surface area contributed by atoms with Crippen molar-refractivity contribution >= 4 is 17.7 Å². The quantitative estimate of drug-likeness (QED) is 0.774. The number of hydrogen-bond donors (Lipinski definition) is 2. The molecule has 102 valence electrons. The third-order valence-electron chi connectivity index (χ3n) is 3.12. The predicted molar refractivity (Wildman–Crippen MR) is 70.7 cm³/mol. The first-order valence-corrected chi connectivity index (χ1v) is 6.09. The van der Waals surface area contributed by atoms with Gasteiger partial charge in [-0.1, -0.05) is 6.07 Å². The number of anilines is 1. The Morgan fingerprint density at radius 1 is 1.47 bits per heavy atom. The zero-order valence-corrected chi connectivity index (χ0v) is 10.8. The van der Waals surface area contributed by atoms with E-state index in [0.717, 1.165) is 6.42 Å². The van der Waals surface area contributed by atoms with E-state index in [1.54, 1.807) is 29.2 Å². The van der Waals surface area contributed by atoms with Crippen molar-refractivity contribution in [3.05, 3.63) is 29.8 Å². The number of ether oxygens (including phenoxy) is 1. The first-order chi connectivity index (χ1) is 9.10. The van der Waals surface area contributed by atoms with E-state index < -0.39 is 6.09 Å². The second-order valence-electron chi connectivity index (χ2n) is 4.50. The van der Waals surface area contributed by atoms with Gasteiger partial charge in [0.2, 0.25) is 0 Å². The van der Waals surface area contributed by atoms with E-state index in [4.69, 9.17) is 5.73 Å². The van der Waals surface area contributed by atoms with Crippen molar-refractivity contribution in [1.82, 2.24) is 10.2 Å². The van der Waals surface area contributed by atoms with E-state index in [-0.39, 0.29) is 11.9 Å². The summed E-state index contributed by atoms with van der Waals surface area (Å²) in [5, 5.41) is 2.70. The molecule has 0 aliphatic carbocycles. The molecule has 1 unspecified atom stereocenters. The van der Waals surface area contributed by atoms with Gasteiger partial charge in [-0.2, -0.15) is 0 Å². The van der Waals surface area contributed by atoms with Crippen molar-refractivity contribution in [2.75, 3.05) is 25.9 Å². The number of nitrogens with one attached hydrogen (secondary N) is 1. The van der Waals surface area contributed by atoms with Crippen LogP contribution in [0.4, 0.5) is 10.5 Å². The Labute approximate surface area is 111 Å². The molecule has 19 heavy (non-hydrogen) atoms. The fourth-order valence-corrected chi connectivity index (χ4v) is 2.14. The molecule has 2 amide bonds. The number of amides is 2. The highest BCUT2D eigenvalue weighted by Gasteiger charge is 2.28. The van der Waals surface area contributed by atoms with Crippen LogP contribution in [-0.2, 0) is 4.74 Å². The molecule has 1 heterocycles. The van der Waals surface area contributed by atoms with Gasteiger partial charge in [-0.25, -0.2) is 4.79 Å².